The van der Waals surface area contributed by atoms with Crippen molar-refractivity contribution in [1.82, 2.24) is 4.90 Å². The summed E-state index contributed by atoms with van der Waals surface area (Å²) in [7, 11) is 0. The maximum Gasteiger partial charge on any atom is 0.308 e. The van der Waals surface area contributed by atoms with Gasteiger partial charge in [0.05, 0.1) is 17.5 Å². The number of esters is 1. The monoisotopic (exact) mass is 395 g/mol. The maximum atomic E-state index is 12.3. The van der Waals surface area contributed by atoms with Crippen LogP contribution in [0.2, 0.25) is 0 Å². The number of ketones is 1. The van der Waals surface area contributed by atoms with Crippen LogP contribution in [0.25, 0.3) is 0 Å². The van der Waals surface area contributed by atoms with E-state index in [0.29, 0.717) is 41.4 Å². The first-order valence-corrected chi connectivity index (χ1v) is 9.08. The van der Waals surface area contributed by atoms with Crippen molar-refractivity contribution in [1.29, 1.82) is 0 Å². The molecule has 0 saturated heterocycles. The second-order valence-electron chi connectivity index (χ2n) is 6.50. The number of rotatable bonds is 6. The van der Waals surface area contributed by atoms with Crippen molar-refractivity contribution < 1.29 is 33.4 Å². The van der Waals surface area contributed by atoms with Crippen LogP contribution in [-0.4, -0.2) is 54.8 Å². The average molecular weight is 395 g/mol. The molecule has 0 aliphatic carbocycles. The van der Waals surface area contributed by atoms with Crippen molar-refractivity contribution in [2.75, 3.05) is 26.4 Å². The molecule has 4 rings (SSSR count). The van der Waals surface area contributed by atoms with Gasteiger partial charge in [-0.05, 0) is 30.3 Å². The minimum Gasteiger partial charge on any atom is -0.486 e. The molecular weight excluding hydrogens is 378 g/mol. The first-order valence-electron chi connectivity index (χ1n) is 9.08. The molecule has 0 bridgehead atoms. The third-order valence-electron chi connectivity index (χ3n) is 4.65. The summed E-state index contributed by atoms with van der Waals surface area (Å²) in [6, 6.07) is 11.2. The Morgan fingerprint density at radius 1 is 0.931 bits per heavy atom. The molecule has 0 fully saturated rings. The first-order chi connectivity index (χ1) is 14.0. The summed E-state index contributed by atoms with van der Waals surface area (Å²) < 4.78 is 15.8. The van der Waals surface area contributed by atoms with Gasteiger partial charge in [-0.1, -0.05) is 12.1 Å². The van der Waals surface area contributed by atoms with Crippen molar-refractivity contribution in [3.63, 3.8) is 0 Å². The zero-order valence-electron chi connectivity index (χ0n) is 15.4. The molecule has 8 nitrogen and oxygen atoms in total. The summed E-state index contributed by atoms with van der Waals surface area (Å²) in [5, 5.41) is 0. The SMILES string of the molecule is O=C(CCN1C(=O)c2ccccc2C1=O)OCC(=O)c1ccc2c(c1)OCCO2. The summed E-state index contributed by atoms with van der Waals surface area (Å²) in [4.78, 5) is 49.8. The molecule has 8 heteroatoms. The van der Waals surface area contributed by atoms with Crippen molar-refractivity contribution >= 4 is 23.6 Å². The number of carbonyl (C=O) groups excluding carboxylic acids is 4. The van der Waals surface area contributed by atoms with E-state index in [9.17, 15) is 19.2 Å². The van der Waals surface area contributed by atoms with E-state index in [0.717, 1.165) is 4.90 Å². The first kappa shape index (κ1) is 18.7. The highest BCUT2D eigenvalue weighted by molar-refractivity contribution is 6.21. The van der Waals surface area contributed by atoms with Gasteiger partial charge < -0.3 is 14.2 Å². The zero-order valence-corrected chi connectivity index (χ0v) is 15.4. The van der Waals surface area contributed by atoms with Crippen molar-refractivity contribution in [2.45, 2.75) is 6.42 Å². The Bertz CT molecular complexity index is 979. The summed E-state index contributed by atoms with van der Waals surface area (Å²) in [6.45, 7) is 0.298. The van der Waals surface area contributed by atoms with Gasteiger partial charge in [0.1, 0.15) is 13.2 Å². The molecule has 29 heavy (non-hydrogen) atoms. The Balaban J connectivity index is 1.29. The van der Waals surface area contributed by atoms with E-state index in [1.54, 1.807) is 42.5 Å². The Labute approximate surface area is 166 Å². The minimum absolute atomic E-state index is 0.108. The Morgan fingerprint density at radius 3 is 2.28 bits per heavy atom. The standard InChI is InChI=1S/C21H17NO7/c23-16(13-5-6-17-18(11-13)28-10-9-27-17)12-29-19(24)7-8-22-20(25)14-3-1-2-4-15(14)21(22)26/h1-6,11H,7-10,12H2. The summed E-state index contributed by atoms with van der Waals surface area (Å²) in [6.07, 6.45) is -0.195. The average Bonchev–Trinajstić information content (AvgIpc) is 3.00. The molecular formula is C21H17NO7. The van der Waals surface area contributed by atoms with Gasteiger partial charge in [0, 0.05) is 12.1 Å². The van der Waals surface area contributed by atoms with Crippen LogP contribution in [0.1, 0.15) is 37.5 Å². The molecule has 2 aromatic carbocycles. The molecule has 2 aliphatic rings. The molecule has 2 heterocycles. The fourth-order valence-electron chi connectivity index (χ4n) is 3.16. The summed E-state index contributed by atoms with van der Waals surface area (Å²) >= 11 is 0. The number of ether oxygens (including phenoxy) is 3. The highest BCUT2D eigenvalue weighted by Gasteiger charge is 2.35. The maximum absolute atomic E-state index is 12.3. The Morgan fingerprint density at radius 2 is 1.59 bits per heavy atom. The lowest BCUT2D eigenvalue weighted by Gasteiger charge is -2.18. The van der Waals surface area contributed by atoms with Gasteiger partial charge in [-0.3, -0.25) is 24.1 Å². The van der Waals surface area contributed by atoms with Crippen LogP contribution >= 0.6 is 0 Å². The smallest absolute Gasteiger partial charge is 0.308 e. The van der Waals surface area contributed by atoms with Gasteiger partial charge in [0.25, 0.3) is 11.8 Å². The van der Waals surface area contributed by atoms with Gasteiger partial charge in [0.2, 0.25) is 0 Å². The Kier molecular flexibility index (Phi) is 4.99. The zero-order chi connectivity index (χ0) is 20.4. The molecule has 2 aliphatic heterocycles. The van der Waals surface area contributed by atoms with E-state index in [2.05, 4.69) is 0 Å². The normalized spacial score (nSPS) is 14.6. The predicted octanol–water partition coefficient (Wildman–Crippen LogP) is 1.87. The van der Waals surface area contributed by atoms with E-state index in [-0.39, 0.29) is 13.0 Å². The van der Waals surface area contributed by atoms with Gasteiger partial charge in [0.15, 0.2) is 23.9 Å². The molecule has 2 amide bonds. The second-order valence-corrected chi connectivity index (χ2v) is 6.50. The predicted molar refractivity (Wildman–Crippen MR) is 99.1 cm³/mol. The number of fused-ring (bicyclic) bond motifs is 2. The Hall–Kier alpha value is -3.68. The topological polar surface area (TPSA) is 99.2 Å². The van der Waals surface area contributed by atoms with Crippen LogP contribution in [0.3, 0.4) is 0 Å². The second kappa shape index (κ2) is 7.75. The highest BCUT2D eigenvalue weighted by Crippen LogP contribution is 2.30. The number of hydrogen-bond donors (Lipinski definition) is 0. The van der Waals surface area contributed by atoms with Crippen LogP contribution in [-0.2, 0) is 9.53 Å². The largest absolute Gasteiger partial charge is 0.486 e. The molecule has 0 saturated carbocycles. The lowest BCUT2D eigenvalue weighted by Crippen LogP contribution is -2.32. The van der Waals surface area contributed by atoms with Gasteiger partial charge in [-0.25, -0.2) is 0 Å². The fourth-order valence-corrected chi connectivity index (χ4v) is 3.16. The van der Waals surface area contributed by atoms with Crippen LogP contribution in [0.5, 0.6) is 11.5 Å². The van der Waals surface area contributed by atoms with Gasteiger partial charge in [-0.15, -0.1) is 0 Å². The lowest BCUT2D eigenvalue weighted by atomic mass is 10.1. The summed E-state index contributed by atoms with van der Waals surface area (Å²) in [5.41, 5.74) is 0.974. The van der Waals surface area contributed by atoms with Crippen molar-refractivity contribution in [3.05, 3.63) is 59.2 Å². The van der Waals surface area contributed by atoms with Crippen LogP contribution < -0.4 is 9.47 Å². The number of Topliss-reactive ketones (excluding diaryl/α,β-unsaturated/α-hetero) is 1. The third-order valence-corrected chi connectivity index (χ3v) is 4.65. The molecule has 0 radical (unpaired) electrons. The number of benzene rings is 2. The molecule has 0 atom stereocenters. The van der Waals surface area contributed by atoms with E-state index >= 15 is 0 Å². The van der Waals surface area contributed by atoms with Crippen LogP contribution in [0.4, 0.5) is 0 Å². The van der Waals surface area contributed by atoms with Crippen molar-refractivity contribution in [2.24, 2.45) is 0 Å². The number of nitrogens with zero attached hydrogens (tertiary/aromatic N) is 1. The molecule has 2 aromatic rings. The number of carbonyl (C=O) groups is 4. The van der Waals surface area contributed by atoms with E-state index in [1.807, 2.05) is 0 Å². The van der Waals surface area contributed by atoms with E-state index < -0.39 is 30.2 Å². The molecule has 148 valence electrons. The molecule has 0 spiro atoms. The quantitative estimate of drug-likeness (QED) is 0.418. The molecule has 0 unspecified atom stereocenters. The highest BCUT2D eigenvalue weighted by atomic mass is 16.6. The molecule has 0 aromatic heterocycles. The minimum atomic E-state index is -0.674. The number of amides is 2. The van der Waals surface area contributed by atoms with Crippen molar-refractivity contribution in [3.8, 4) is 11.5 Å². The van der Waals surface area contributed by atoms with Gasteiger partial charge in [-0.2, -0.15) is 0 Å². The van der Waals surface area contributed by atoms with E-state index in [4.69, 9.17) is 14.2 Å². The lowest BCUT2D eigenvalue weighted by molar-refractivity contribution is -0.142. The molecule has 0 N–H and O–H groups in total. The third kappa shape index (κ3) is 3.69. The van der Waals surface area contributed by atoms with Crippen LogP contribution in [0.15, 0.2) is 42.5 Å². The van der Waals surface area contributed by atoms with E-state index in [1.165, 1.54) is 0 Å². The number of imide groups is 1. The fraction of sp³-hybridized carbons (Fsp3) is 0.238. The number of hydrogen-bond acceptors (Lipinski definition) is 7. The van der Waals surface area contributed by atoms with Crippen LogP contribution in [0, 0.1) is 0 Å². The van der Waals surface area contributed by atoms with Gasteiger partial charge >= 0.3 is 5.97 Å². The summed E-state index contributed by atoms with van der Waals surface area (Å²) in [5.74, 6) is -0.912.